The van der Waals surface area contributed by atoms with E-state index in [0.29, 0.717) is 18.7 Å². The summed E-state index contributed by atoms with van der Waals surface area (Å²) in [6.07, 6.45) is 2.49. The minimum absolute atomic E-state index is 0.0438. The highest BCUT2D eigenvalue weighted by Gasteiger charge is 2.19. The van der Waals surface area contributed by atoms with Crippen LogP contribution in [-0.4, -0.2) is 25.0 Å². The van der Waals surface area contributed by atoms with Gasteiger partial charge in [-0.2, -0.15) is 0 Å². The second-order valence-electron chi connectivity index (χ2n) is 6.43. The van der Waals surface area contributed by atoms with Crippen LogP contribution < -0.4 is 20.6 Å². The van der Waals surface area contributed by atoms with Crippen LogP contribution in [0.3, 0.4) is 0 Å². The standard InChI is InChI=1S/C21H22N2O3/c1-14-8-9-15(2)20-18(14)12-16(21(25)23-20)10-11-22-19(24)13-26-17-6-4-3-5-7-17/h3-9,12,16H,10-11,13H2,1-2H3,(H,22,24). The highest BCUT2D eigenvalue weighted by atomic mass is 16.5. The van der Waals surface area contributed by atoms with Crippen molar-refractivity contribution in [2.45, 2.75) is 20.3 Å². The molecule has 1 atom stereocenters. The van der Waals surface area contributed by atoms with E-state index in [-0.39, 0.29) is 24.3 Å². The van der Waals surface area contributed by atoms with Crippen LogP contribution in [-0.2, 0) is 9.59 Å². The lowest BCUT2D eigenvalue weighted by Gasteiger charge is -2.14. The summed E-state index contributed by atoms with van der Waals surface area (Å²) in [6.45, 7) is 4.33. The molecule has 26 heavy (non-hydrogen) atoms. The van der Waals surface area contributed by atoms with Gasteiger partial charge in [0.05, 0.1) is 11.3 Å². The Bertz CT molecular complexity index is 936. The molecule has 0 bridgehead atoms. The van der Waals surface area contributed by atoms with Crippen LogP contribution in [0.4, 0.5) is 0 Å². The first kappa shape index (κ1) is 17.9. The van der Waals surface area contributed by atoms with Crippen molar-refractivity contribution in [1.82, 2.24) is 5.32 Å². The molecule has 3 rings (SSSR count). The van der Waals surface area contributed by atoms with Gasteiger partial charge in [-0.1, -0.05) is 36.4 Å². The number of hydrogen-bond acceptors (Lipinski definition) is 3. The summed E-state index contributed by atoms with van der Waals surface area (Å²) in [5.74, 6) is -0.0134. The molecule has 0 aromatic heterocycles. The Hall–Kier alpha value is -2.95. The molecule has 1 unspecified atom stereocenters. The summed E-state index contributed by atoms with van der Waals surface area (Å²) in [5, 5.41) is 4.58. The molecule has 0 fully saturated rings. The SMILES string of the molecule is Cc1ccc(C)c2c1=CC(CCNC(=O)COc1ccccc1)C(=O)N=2. The van der Waals surface area contributed by atoms with E-state index >= 15 is 0 Å². The predicted molar refractivity (Wildman–Crippen MR) is 99.2 cm³/mol. The molecule has 1 N–H and O–H groups in total. The third-order valence-electron chi connectivity index (χ3n) is 4.43. The van der Waals surface area contributed by atoms with Gasteiger partial charge in [0.2, 0.25) is 0 Å². The zero-order valence-electron chi connectivity index (χ0n) is 15.0. The highest BCUT2D eigenvalue weighted by molar-refractivity contribution is 5.86. The van der Waals surface area contributed by atoms with Gasteiger partial charge in [0.15, 0.2) is 6.61 Å². The molecule has 1 aliphatic rings. The van der Waals surface area contributed by atoms with Gasteiger partial charge >= 0.3 is 0 Å². The first-order chi connectivity index (χ1) is 12.5. The average molecular weight is 350 g/mol. The maximum atomic E-state index is 12.3. The second kappa shape index (κ2) is 7.95. The van der Waals surface area contributed by atoms with Gasteiger partial charge in [-0.05, 0) is 43.5 Å². The first-order valence-corrected chi connectivity index (χ1v) is 8.70. The molecule has 0 radical (unpaired) electrons. The number of nitrogens with zero attached hydrogens (tertiary/aromatic N) is 1. The molecule has 5 nitrogen and oxygen atoms in total. The van der Waals surface area contributed by atoms with Gasteiger partial charge < -0.3 is 10.1 Å². The van der Waals surface area contributed by atoms with E-state index in [1.807, 2.05) is 50.3 Å². The number of ether oxygens (including phenoxy) is 1. The number of fused-ring (bicyclic) bond motifs is 1. The van der Waals surface area contributed by atoms with Crippen LogP contribution in [0.2, 0.25) is 0 Å². The second-order valence-corrected chi connectivity index (χ2v) is 6.43. The molecular formula is C21H22N2O3. The van der Waals surface area contributed by atoms with Crippen molar-refractivity contribution in [2.24, 2.45) is 10.9 Å². The molecule has 5 heteroatoms. The Kier molecular flexibility index (Phi) is 5.46. The van der Waals surface area contributed by atoms with E-state index in [9.17, 15) is 9.59 Å². The van der Waals surface area contributed by atoms with Crippen molar-refractivity contribution >= 4 is 17.9 Å². The summed E-state index contributed by atoms with van der Waals surface area (Å²) in [6, 6.07) is 13.2. The van der Waals surface area contributed by atoms with Crippen molar-refractivity contribution in [3.63, 3.8) is 0 Å². The molecular weight excluding hydrogens is 328 g/mol. The van der Waals surface area contributed by atoms with Crippen LogP contribution in [0.15, 0.2) is 47.5 Å². The van der Waals surface area contributed by atoms with Crippen LogP contribution in [0.5, 0.6) is 5.75 Å². The van der Waals surface area contributed by atoms with E-state index in [0.717, 1.165) is 21.7 Å². The Morgan fingerprint density at radius 2 is 1.85 bits per heavy atom. The fourth-order valence-corrected chi connectivity index (χ4v) is 2.93. The maximum Gasteiger partial charge on any atom is 0.257 e. The third kappa shape index (κ3) is 4.17. The molecule has 2 aromatic carbocycles. The van der Waals surface area contributed by atoms with Crippen molar-refractivity contribution in [3.8, 4) is 5.75 Å². The summed E-state index contributed by atoms with van der Waals surface area (Å²) in [5.41, 5.74) is 2.10. The molecule has 2 aromatic rings. The number of rotatable bonds is 6. The van der Waals surface area contributed by atoms with Crippen molar-refractivity contribution in [2.75, 3.05) is 13.2 Å². The van der Waals surface area contributed by atoms with Gasteiger partial charge in [-0.15, -0.1) is 0 Å². The average Bonchev–Trinajstić information content (AvgIpc) is 2.65. The Morgan fingerprint density at radius 3 is 2.62 bits per heavy atom. The van der Waals surface area contributed by atoms with Gasteiger partial charge in [0.25, 0.3) is 11.8 Å². The molecule has 0 spiro atoms. The number of carbonyl (C=O) groups is 2. The lowest BCUT2D eigenvalue weighted by atomic mass is 9.97. The van der Waals surface area contributed by atoms with Crippen molar-refractivity contribution < 1.29 is 14.3 Å². The lowest BCUT2D eigenvalue weighted by Crippen LogP contribution is -2.38. The van der Waals surface area contributed by atoms with E-state index < -0.39 is 0 Å². The zero-order chi connectivity index (χ0) is 18.5. The predicted octanol–water partition coefficient (Wildman–Crippen LogP) is 1.45. The van der Waals surface area contributed by atoms with Gasteiger partial charge in [-0.25, -0.2) is 4.99 Å². The summed E-state index contributed by atoms with van der Waals surface area (Å²) in [7, 11) is 0. The molecule has 2 amide bonds. The van der Waals surface area contributed by atoms with Gasteiger partial charge in [0, 0.05) is 11.8 Å². The third-order valence-corrected chi connectivity index (χ3v) is 4.43. The fraction of sp³-hybridized carbons (Fsp3) is 0.286. The van der Waals surface area contributed by atoms with Crippen LogP contribution >= 0.6 is 0 Å². The minimum atomic E-state index is -0.307. The summed E-state index contributed by atoms with van der Waals surface area (Å²) < 4.78 is 5.40. The Morgan fingerprint density at radius 1 is 1.12 bits per heavy atom. The molecule has 1 aliphatic heterocycles. The molecule has 1 heterocycles. The molecule has 0 aliphatic carbocycles. The first-order valence-electron chi connectivity index (χ1n) is 8.70. The van der Waals surface area contributed by atoms with Gasteiger partial charge in [0.1, 0.15) is 5.75 Å². The van der Waals surface area contributed by atoms with Crippen LogP contribution in [0, 0.1) is 19.8 Å². The van der Waals surface area contributed by atoms with Crippen molar-refractivity contribution in [3.05, 3.63) is 64.2 Å². The fourth-order valence-electron chi connectivity index (χ4n) is 2.93. The number of aryl methyl sites for hydroxylation is 2. The minimum Gasteiger partial charge on any atom is -0.484 e. The molecule has 0 saturated carbocycles. The lowest BCUT2D eigenvalue weighted by molar-refractivity contribution is -0.124. The largest absolute Gasteiger partial charge is 0.484 e. The number of benzene rings is 2. The Labute approximate surface area is 152 Å². The summed E-state index contributed by atoms with van der Waals surface area (Å²) >= 11 is 0. The number of nitrogens with one attached hydrogen (secondary N) is 1. The number of hydrogen-bond donors (Lipinski definition) is 1. The van der Waals surface area contributed by atoms with E-state index in [1.54, 1.807) is 12.1 Å². The van der Waals surface area contributed by atoms with E-state index in [4.69, 9.17) is 4.74 Å². The van der Waals surface area contributed by atoms with E-state index in [2.05, 4.69) is 10.3 Å². The monoisotopic (exact) mass is 350 g/mol. The van der Waals surface area contributed by atoms with Crippen molar-refractivity contribution in [1.29, 1.82) is 0 Å². The smallest absolute Gasteiger partial charge is 0.257 e. The molecule has 134 valence electrons. The number of amides is 2. The summed E-state index contributed by atoms with van der Waals surface area (Å²) in [4.78, 5) is 28.4. The van der Waals surface area contributed by atoms with Crippen LogP contribution in [0.1, 0.15) is 17.5 Å². The maximum absolute atomic E-state index is 12.3. The van der Waals surface area contributed by atoms with E-state index in [1.165, 1.54) is 0 Å². The number of carbonyl (C=O) groups excluding carboxylic acids is 2. The van der Waals surface area contributed by atoms with Gasteiger partial charge in [-0.3, -0.25) is 9.59 Å². The van der Waals surface area contributed by atoms with Crippen LogP contribution in [0.25, 0.3) is 6.08 Å². The highest BCUT2D eigenvalue weighted by Crippen LogP contribution is 2.10. The normalized spacial score (nSPS) is 15.5. The molecule has 0 saturated heterocycles. The number of para-hydroxylation sites is 1. The topological polar surface area (TPSA) is 67.8 Å². The zero-order valence-corrected chi connectivity index (χ0v) is 15.0. The quantitative estimate of drug-likeness (QED) is 0.857. The Balaban J connectivity index is 1.55.